The van der Waals surface area contributed by atoms with Gasteiger partial charge in [0.05, 0.1) is 12.3 Å². The van der Waals surface area contributed by atoms with Gasteiger partial charge >= 0.3 is 0 Å². The fraction of sp³-hybridized carbons (Fsp3) is 0.545. The maximum atomic E-state index is 10.2. The first-order valence-electron chi connectivity index (χ1n) is 9.85. The number of nitrogens with zero attached hydrogens (tertiary/aromatic N) is 3. The van der Waals surface area contributed by atoms with Crippen LogP contribution in [-0.4, -0.2) is 35.0 Å². The summed E-state index contributed by atoms with van der Waals surface area (Å²) in [5, 5.41) is 19.0. The van der Waals surface area contributed by atoms with Gasteiger partial charge in [-0.25, -0.2) is 0 Å². The number of piperidine rings is 1. The van der Waals surface area contributed by atoms with Crippen molar-refractivity contribution in [2.45, 2.75) is 51.9 Å². The Morgan fingerprint density at radius 2 is 1.92 bits per heavy atom. The van der Waals surface area contributed by atoms with Crippen LogP contribution in [0.2, 0.25) is 0 Å². The van der Waals surface area contributed by atoms with Crippen LogP contribution in [0.3, 0.4) is 0 Å². The largest absolute Gasteiger partial charge is 0.396 e. The molecule has 0 spiro atoms. The van der Waals surface area contributed by atoms with E-state index in [-0.39, 0.29) is 12.0 Å². The topological polar surface area (TPSA) is 49.2 Å². The standard InChI is InChI=1S/C22H31N3O/c1-18(2)20-11-12-21(24-23-20)25-15-7-14-22(16-25,17-26)13-6-10-19-8-4-3-5-9-19/h3-5,8-9,11-12,18,26H,6-7,10,13-17H2,1-2H3. The SMILES string of the molecule is CC(C)c1ccc(N2CCCC(CO)(CCCc3ccccc3)C2)nn1. The normalized spacial score (nSPS) is 20.5. The van der Waals surface area contributed by atoms with Crippen molar-refractivity contribution in [1.82, 2.24) is 10.2 Å². The summed E-state index contributed by atoms with van der Waals surface area (Å²) in [6, 6.07) is 14.8. The lowest BCUT2D eigenvalue weighted by molar-refractivity contribution is 0.0938. The molecule has 3 rings (SSSR count). The molecule has 140 valence electrons. The van der Waals surface area contributed by atoms with Gasteiger partial charge in [0.2, 0.25) is 0 Å². The van der Waals surface area contributed by atoms with E-state index in [1.165, 1.54) is 5.56 Å². The Hall–Kier alpha value is -1.94. The van der Waals surface area contributed by atoms with Crippen LogP contribution in [0.4, 0.5) is 5.82 Å². The Bertz CT molecular complexity index is 672. The number of aliphatic hydroxyl groups is 1. The van der Waals surface area contributed by atoms with Gasteiger partial charge in [-0.1, -0.05) is 44.2 Å². The smallest absolute Gasteiger partial charge is 0.151 e. The first-order valence-corrected chi connectivity index (χ1v) is 9.85. The molecule has 1 aliphatic heterocycles. The van der Waals surface area contributed by atoms with E-state index in [0.717, 1.165) is 56.7 Å². The van der Waals surface area contributed by atoms with Crippen LogP contribution < -0.4 is 4.90 Å². The molecule has 1 aromatic heterocycles. The number of rotatable bonds is 7. The summed E-state index contributed by atoms with van der Waals surface area (Å²) in [7, 11) is 0. The van der Waals surface area contributed by atoms with Crippen LogP contribution in [0.1, 0.15) is 56.7 Å². The van der Waals surface area contributed by atoms with E-state index in [9.17, 15) is 5.11 Å². The second-order valence-corrected chi connectivity index (χ2v) is 7.99. The summed E-state index contributed by atoms with van der Waals surface area (Å²) in [6.45, 7) is 6.38. The molecule has 1 fully saturated rings. The molecule has 0 bridgehead atoms. The number of benzene rings is 1. The molecule has 0 radical (unpaired) electrons. The zero-order chi connectivity index (χ0) is 18.4. The van der Waals surface area contributed by atoms with Crippen molar-refractivity contribution in [3.63, 3.8) is 0 Å². The van der Waals surface area contributed by atoms with Gasteiger partial charge in [-0.15, -0.1) is 5.10 Å². The summed E-state index contributed by atoms with van der Waals surface area (Å²) in [5.41, 5.74) is 2.39. The molecule has 0 saturated carbocycles. The maximum Gasteiger partial charge on any atom is 0.151 e. The lowest BCUT2D eigenvalue weighted by Gasteiger charge is -2.42. The van der Waals surface area contributed by atoms with Crippen LogP contribution in [0.5, 0.6) is 0 Å². The highest BCUT2D eigenvalue weighted by molar-refractivity contribution is 5.38. The summed E-state index contributed by atoms with van der Waals surface area (Å²) < 4.78 is 0. The van der Waals surface area contributed by atoms with Crippen molar-refractivity contribution in [3.8, 4) is 0 Å². The molecule has 26 heavy (non-hydrogen) atoms. The quantitative estimate of drug-likeness (QED) is 0.810. The molecular weight excluding hydrogens is 322 g/mol. The zero-order valence-corrected chi connectivity index (χ0v) is 16.1. The van der Waals surface area contributed by atoms with Gasteiger partial charge in [-0.3, -0.25) is 0 Å². The van der Waals surface area contributed by atoms with Crippen molar-refractivity contribution >= 4 is 5.82 Å². The minimum atomic E-state index is -0.0224. The van der Waals surface area contributed by atoms with Crippen LogP contribution in [0, 0.1) is 5.41 Å². The van der Waals surface area contributed by atoms with Gasteiger partial charge in [0.25, 0.3) is 0 Å². The summed E-state index contributed by atoms with van der Waals surface area (Å²) in [4.78, 5) is 2.30. The maximum absolute atomic E-state index is 10.2. The molecule has 1 aromatic carbocycles. The Labute approximate surface area is 157 Å². The number of aromatic nitrogens is 2. The lowest BCUT2D eigenvalue weighted by atomic mass is 9.76. The van der Waals surface area contributed by atoms with E-state index in [1.54, 1.807) is 0 Å². The lowest BCUT2D eigenvalue weighted by Crippen LogP contribution is -2.46. The van der Waals surface area contributed by atoms with E-state index in [0.29, 0.717) is 5.92 Å². The third kappa shape index (κ3) is 4.61. The summed E-state index contributed by atoms with van der Waals surface area (Å²) in [5.74, 6) is 1.34. The third-order valence-corrected chi connectivity index (χ3v) is 5.60. The second kappa shape index (κ2) is 8.63. The molecule has 2 aromatic rings. The Balaban J connectivity index is 1.62. The Morgan fingerprint density at radius 3 is 2.58 bits per heavy atom. The minimum Gasteiger partial charge on any atom is -0.396 e. The number of aliphatic hydroxyl groups excluding tert-OH is 1. The highest BCUT2D eigenvalue weighted by Crippen LogP contribution is 2.36. The van der Waals surface area contributed by atoms with Crippen LogP contribution in [0.25, 0.3) is 0 Å². The molecule has 1 unspecified atom stereocenters. The van der Waals surface area contributed by atoms with Crippen molar-refractivity contribution in [2.24, 2.45) is 5.41 Å². The van der Waals surface area contributed by atoms with Gasteiger partial charge in [-0.05, 0) is 55.7 Å². The third-order valence-electron chi connectivity index (χ3n) is 5.60. The number of anilines is 1. The highest BCUT2D eigenvalue weighted by Gasteiger charge is 2.35. The minimum absolute atomic E-state index is 0.0224. The molecular formula is C22H31N3O. The molecule has 1 atom stereocenters. The van der Waals surface area contributed by atoms with E-state index in [2.05, 4.69) is 71.4 Å². The predicted octanol–water partition coefficient (Wildman–Crippen LogP) is 4.20. The van der Waals surface area contributed by atoms with Crippen molar-refractivity contribution < 1.29 is 5.11 Å². The molecule has 1 aliphatic rings. The van der Waals surface area contributed by atoms with E-state index in [1.807, 2.05) is 0 Å². The number of hydrogen-bond acceptors (Lipinski definition) is 4. The van der Waals surface area contributed by atoms with Crippen LogP contribution in [0.15, 0.2) is 42.5 Å². The molecule has 1 N–H and O–H groups in total. The van der Waals surface area contributed by atoms with E-state index >= 15 is 0 Å². The zero-order valence-electron chi connectivity index (χ0n) is 16.1. The molecule has 1 saturated heterocycles. The molecule has 0 aliphatic carbocycles. The Morgan fingerprint density at radius 1 is 1.12 bits per heavy atom. The van der Waals surface area contributed by atoms with Crippen molar-refractivity contribution in [1.29, 1.82) is 0 Å². The van der Waals surface area contributed by atoms with Crippen LogP contribution >= 0.6 is 0 Å². The molecule has 4 heteroatoms. The monoisotopic (exact) mass is 353 g/mol. The van der Waals surface area contributed by atoms with Gasteiger partial charge in [0.1, 0.15) is 0 Å². The predicted molar refractivity (Wildman–Crippen MR) is 106 cm³/mol. The summed E-state index contributed by atoms with van der Waals surface area (Å²) >= 11 is 0. The van der Waals surface area contributed by atoms with Gasteiger partial charge < -0.3 is 10.0 Å². The highest BCUT2D eigenvalue weighted by atomic mass is 16.3. The fourth-order valence-electron chi connectivity index (χ4n) is 3.94. The second-order valence-electron chi connectivity index (χ2n) is 7.99. The van der Waals surface area contributed by atoms with Crippen LogP contribution in [-0.2, 0) is 6.42 Å². The van der Waals surface area contributed by atoms with Gasteiger partial charge in [0, 0.05) is 18.5 Å². The molecule has 0 amide bonds. The average Bonchev–Trinajstić information content (AvgIpc) is 2.69. The van der Waals surface area contributed by atoms with E-state index < -0.39 is 0 Å². The Kier molecular flexibility index (Phi) is 6.25. The van der Waals surface area contributed by atoms with Crippen molar-refractivity contribution in [3.05, 3.63) is 53.7 Å². The van der Waals surface area contributed by atoms with Crippen molar-refractivity contribution in [2.75, 3.05) is 24.6 Å². The number of hydrogen-bond donors (Lipinski definition) is 1. The first-order chi connectivity index (χ1) is 12.6. The number of aryl methyl sites for hydroxylation is 1. The fourth-order valence-corrected chi connectivity index (χ4v) is 3.94. The average molecular weight is 354 g/mol. The molecule has 2 heterocycles. The van der Waals surface area contributed by atoms with E-state index in [4.69, 9.17) is 0 Å². The van der Waals surface area contributed by atoms with Gasteiger partial charge in [-0.2, -0.15) is 5.10 Å². The summed E-state index contributed by atoms with van der Waals surface area (Å²) in [6.07, 6.45) is 5.42. The first kappa shape index (κ1) is 18.8. The molecule has 4 nitrogen and oxygen atoms in total. The van der Waals surface area contributed by atoms with Gasteiger partial charge in [0.15, 0.2) is 5.82 Å².